The summed E-state index contributed by atoms with van der Waals surface area (Å²) in [6.45, 7) is 1.70. The second-order valence-electron chi connectivity index (χ2n) is 13.7. The number of imide groups is 2. The van der Waals surface area contributed by atoms with Crippen molar-refractivity contribution in [3.8, 4) is 5.75 Å². The van der Waals surface area contributed by atoms with Gasteiger partial charge in [0.05, 0.1) is 39.6 Å². The van der Waals surface area contributed by atoms with Crippen molar-refractivity contribution < 1.29 is 33.5 Å². The number of hydrogen-bond donors (Lipinski definition) is 1. The van der Waals surface area contributed by atoms with Crippen molar-refractivity contribution >= 4 is 64.0 Å². The van der Waals surface area contributed by atoms with E-state index < -0.39 is 58.5 Å². The van der Waals surface area contributed by atoms with Crippen molar-refractivity contribution in [1.29, 1.82) is 0 Å². The quantitative estimate of drug-likeness (QED) is 0.130. The molecular formula is C40H29Cl2FN2O6. The maximum absolute atomic E-state index is 14.5. The number of nitrogens with zero attached hydrogens (tertiary/aromatic N) is 2. The molecule has 0 aromatic heterocycles. The van der Waals surface area contributed by atoms with Gasteiger partial charge in [-0.1, -0.05) is 71.2 Å². The van der Waals surface area contributed by atoms with Gasteiger partial charge < -0.3 is 5.11 Å². The van der Waals surface area contributed by atoms with Gasteiger partial charge in [0.15, 0.2) is 5.78 Å². The maximum Gasteiger partial charge on any atom is 0.241 e. The first kappa shape index (κ1) is 33.0. The molecule has 0 spiro atoms. The lowest BCUT2D eigenvalue weighted by molar-refractivity contribution is -0.131. The highest BCUT2D eigenvalue weighted by Crippen LogP contribution is 2.64. The topological polar surface area (TPSA) is 112 Å². The number of halogens is 3. The minimum atomic E-state index is -1.39. The normalized spacial score (nSPS) is 26.9. The SMILES string of the molecule is CC12C(=O)N(c3ccc(F)c(Cl)c3)C(=O)C1CC1C(=CCC3C(=O)N(c4ccc(C(=O)c5ccccc5)cc4)C(=O)C31)C2c1ccc(O)cc1Cl. The Labute approximate surface area is 302 Å². The van der Waals surface area contributed by atoms with Crippen molar-refractivity contribution in [2.75, 3.05) is 9.80 Å². The Hall–Kier alpha value is -5.12. The van der Waals surface area contributed by atoms with Crippen LogP contribution in [0.3, 0.4) is 0 Å². The zero-order valence-electron chi connectivity index (χ0n) is 27.1. The third-order valence-corrected chi connectivity index (χ3v) is 11.8. The third-order valence-electron chi connectivity index (χ3n) is 11.2. The van der Waals surface area contributed by atoms with Crippen LogP contribution < -0.4 is 9.80 Å². The number of benzene rings is 4. The van der Waals surface area contributed by atoms with Gasteiger partial charge in [-0.25, -0.2) is 9.29 Å². The summed E-state index contributed by atoms with van der Waals surface area (Å²) in [5.41, 5.74) is 1.18. The number of phenolic OH excluding ortho intramolecular Hbond substituents is 1. The van der Waals surface area contributed by atoms with Crippen LogP contribution in [0.4, 0.5) is 15.8 Å². The number of fused-ring (bicyclic) bond motifs is 4. The first-order valence-corrected chi connectivity index (χ1v) is 17.3. The summed E-state index contributed by atoms with van der Waals surface area (Å²) in [7, 11) is 0. The number of anilines is 2. The molecule has 51 heavy (non-hydrogen) atoms. The molecule has 3 fully saturated rings. The standard InChI is InChI=1S/C40H29Cl2FN2O6/c1-40-29(37(49)45(39(40)51)23-11-16-32(43)31(42)17-23)19-28-25(34(40)26-13-12-24(46)18-30(26)41)14-15-27-33(28)38(50)44(36(27)48)22-9-7-21(8-10-22)35(47)20-5-3-2-4-6-20/h2-14,16-18,27-29,33-34,46H,15,19H2,1H3. The molecule has 1 N–H and O–H groups in total. The summed E-state index contributed by atoms with van der Waals surface area (Å²) >= 11 is 12.8. The summed E-state index contributed by atoms with van der Waals surface area (Å²) in [6.07, 6.45) is 2.21. The second kappa shape index (κ2) is 12.0. The number of phenols is 1. The van der Waals surface area contributed by atoms with Crippen LogP contribution in [0.5, 0.6) is 5.75 Å². The largest absolute Gasteiger partial charge is 0.508 e. The van der Waals surface area contributed by atoms with Gasteiger partial charge >= 0.3 is 0 Å². The summed E-state index contributed by atoms with van der Waals surface area (Å²) in [5.74, 6) is -6.74. The molecule has 11 heteroatoms. The molecule has 1 saturated carbocycles. The van der Waals surface area contributed by atoms with E-state index in [1.165, 1.54) is 24.3 Å². The van der Waals surface area contributed by atoms with E-state index in [4.69, 9.17) is 23.2 Å². The molecule has 4 aromatic rings. The Morgan fingerprint density at radius 3 is 2.16 bits per heavy atom. The monoisotopic (exact) mass is 722 g/mol. The molecule has 0 bridgehead atoms. The molecule has 2 heterocycles. The molecule has 4 aliphatic rings. The third kappa shape index (κ3) is 4.89. The van der Waals surface area contributed by atoms with E-state index >= 15 is 0 Å². The maximum atomic E-state index is 14.5. The Balaban J connectivity index is 1.19. The molecule has 6 atom stereocenters. The minimum Gasteiger partial charge on any atom is -0.508 e. The average molecular weight is 724 g/mol. The van der Waals surface area contributed by atoms with Crippen LogP contribution in [-0.2, 0) is 19.2 Å². The zero-order chi connectivity index (χ0) is 35.9. The minimum absolute atomic E-state index is 0.0874. The van der Waals surface area contributed by atoms with E-state index in [1.54, 1.807) is 61.5 Å². The zero-order valence-corrected chi connectivity index (χ0v) is 28.6. The first-order valence-electron chi connectivity index (χ1n) is 16.5. The van der Waals surface area contributed by atoms with Crippen LogP contribution in [0, 0.1) is 34.9 Å². The number of aromatic hydroxyl groups is 1. The number of carbonyl (C=O) groups excluding carboxylic acids is 5. The molecule has 2 saturated heterocycles. The fraction of sp³-hybridized carbons (Fsp3) is 0.225. The predicted octanol–water partition coefficient (Wildman–Crippen LogP) is 7.50. The van der Waals surface area contributed by atoms with Crippen LogP contribution in [0.1, 0.15) is 47.2 Å². The van der Waals surface area contributed by atoms with Crippen LogP contribution in [0.25, 0.3) is 0 Å². The Bertz CT molecular complexity index is 2220. The van der Waals surface area contributed by atoms with Crippen molar-refractivity contribution in [2.45, 2.75) is 25.7 Å². The number of rotatable bonds is 5. The molecule has 4 aromatic carbocycles. The first-order chi connectivity index (χ1) is 24.4. The highest BCUT2D eigenvalue weighted by molar-refractivity contribution is 6.32. The molecule has 6 unspecified atom stereocenters. The molecule has 256 valence electrons. The van der Waals surface area contributed by atoms with Crippen molar-refractivity contribution in [3.63, 3.8) is 0 Å². The van der Waals surface area contributed by atoms with Gasteiger partial charge in [0.2, 0.25) is 23.6 Å². The Morgan fingerprint density at radius 2 is 1.47 bits per heavy atom. The number of ketones is 1. The van der Waals surface area contributed by atoms with Crippen molar-refractivity contribution in [3.05, 3.63) is 135 Å². The van der Waals surface area contributed by atoms with E-state index in [2.05, 4.69) is 0 Å². The molecule has 4 amide bonds. The summed E-state index contributed by atoms with van der Waals surface area (Å²) in [4.78, 5) is 72.5. The Kier molecular flexibility index (Phi) is 7.77. The molecule has 8 nitrogen and oxygen atoms in total. The fourth-order valence-electron chi connectivity index (χ4n) is 8.75. The van der Waals surface area contributed by atoms with E-state index in [1.807, 2.05) is 12.1 Å². The lowest BCUT2D eigenvalue weighted by atomic mass is 9.51. The molecular weight excluding hydrogens is 694 g/mol. The van der Waals surface area contributed by atoms with Crippen molar-refractivity contribution in [2.24, 2.45) is 29.1 Å². The van der Waals surface area contributed by atoms with E-state index in [9.17, 15) is 33.5 Å². The number of allylic oxidation sites excluding steroid dienone is 2. The van der Waals surface area contributed by atoms with E-state index in [-0.39, 0.29) is 46.0 Å². The van der Waals surface area contributed by atoms with Crippen LogP contribution >= 0.6 is 23.2 Å². The van der Waals surface area contributed by atoms with Crippen LogP contribution in [0.2, 0.25) is 10.0 Å². The molecule has 2 aliphatic carbocycles. The number of amides is 4. The summed E-state index contributed by atoms with van der Waals surface area (Å²) < 4.78 is 14.1. The van der Waals surface area contributed by atoms with Gasteiger partial charge in [0.1, 0.15) is 11.6 Å². The molecule has 8 rings (SSSR count). The number of hydrogen-bond acceptors (Lipinski definition) is 6. The van der Waals surface area contributed by atoms with E-state index in [0.29, 0.717) is 22.4 Å². The Morgan fingerprint density at radius 1 is 0.784 bits per heavy atom. The van der Waals surface area contributed by atoms with Gasteiger partial charge in [0.25, 0.3) is 0 Å². The predicted molar refractivity (Wildman–Crippen MR) is 188 cm³/mol. The lowest BCUT2D eigenvalue weighted by Crippen LogP contribution is -2.49. The summed E-state index contributed by atoms with van der Waals surface area (Å²) in [5, 5.41) is 10.1. The number of carbonyl (C=O) groups is 5. The smallest absolute Gasteiger partial charge is 0.241 e. The van der Waals surface area contributed by atoms with Gasteiger partial charge in [-0.05, 0) is 85.8 Å². The fourth-order valence-corrected chi connectivity index (χ4v) is 9.21. The summed E-state index contributed by atoms with van der Waals surface area (Å²) in [6, 6.07) is 23.2. The van der Waals surface area contributed by atoms with E-state index in [0.717, 1.165) is 21.4 Å². The van der Waals surface area contributed by atoms with Crippen LogP contribution in [-0.4, -0.2) is 34.5 Å². The average Bonchev–Trinajstić information content (AvgIpc) is 3.49. The van der Waals surface area contributed by atoms with Gasteiger partial charge in [-0.2, -0.15) is 0 Å². The molecule has 0 radical (unpaired) electrons. The lowest BCUT2D eigenvalue weighted by Gasteiger charge is -2.49. The van der Waals surface area contributed by atoms with Gasteiger partial charge in [0, 0.05) is 22.1 Å². The second-order valence-corrected chi connectivity index (χ2v) is 14.5. The highest BCUT2D eigenvalue weighted by atomic mass is 35.5. The van der Waals surface area contributed by atoms with Crippen molar-refractivity contribution in [1.82, 2.24) is 0 Å². The van der Waals surface area contributed by atoms with Gasteiger partial charge in [-0.3, -0.25) is 28.9 Å². The molecule has 2 aliphatic heterocycles. The van der Waals surface area contributed by atoms with Gasteiger partial charge in [-0.15, -0.1) is 0 Å². The highest BCUT2D eigenvalue weighted by Gasteiger charge is 2.68. The van der Waals surface area contributed by atoms with Crippen LogP contribution in [0.15, 0.2) is 103 Å².